The van der Waals surface area contributed by atoms with Gasteiger partial charge in [-0.05, 0) is 36.3 Å². The zero-order valence-electron chi connectivity index (χ0n) is 12.1. The summed E-state index contributed by atoms with van der Waals surface area (Å²) in [4.78, 5) is 16.4. The number of amidine groups is 1. The van der Waals surface area contributed by atoms with Gasteiger partial charge in [-0.15, -0.1) is 0 Å². The lowest BCUT2D eigenvalue weighted by atomic mass is 10.1. The third-order valence-corrected chi connectivity index (χ3v) is 3.66. The molecule has 0 radical (unpaired) electrons. The number of nitrogens with zero attached hydrogens (tertiary/aromatic N) is 1. The van der Waals surface area contributed by atoms with Gasteiger partial charge in [-0.1, -0.05) is 53.6 Å². The van der Waals surface area contributed by atoms with Crippen molar-refractivity contribution < 1.29 is 4.79 Å². The maximum absolute atomic E-state index is 12.0. The van der Waals surface area contributed by atoms with E-state index in [1.165, 1.54) is 5.56 Å². The van der Waals surface area contributed by atoms with Crippen LogP contribution in [0.1, 0.15) is 16.7 Å². The molecule has 1 N–H and O–H groups in total. The number of hydrogen-bond acceptors (Lipinski definition) is 2. The Balaban J connectivity index is 1.79. The SMILES string of the molecule is Cc1ccc(/C=C2/N=C(Cc3ccc(Cl)cc3)NC2=O)cc1. The molecule has 0 saturated heterocycles. The lowest BCUT2D eigenvalue weighted by Crippen LogP contribution is -2.25. The largest absolute Gasteiger partial charge is 0.308 e. The highest BCUT2D eigenvalue weighted by Crippen LogP contribution is 2.15. The van der Waals surface area contributed by atoms with Gasteiger partial charge in [0.05, 0.1) is 0 Å². The minimum Gasteiger partial charge on any atom is -0.308 e. The van der Waals surface area contributed by atoms with Crippen LogP contribution in [0.2, 0.25) is 5.02 Å². The molecule has 22 heavy (non-hydrogen) atoms. The van der Waals surface area contributed by atoms with Crippen LogP contribution in [0, 0.1) is 6.92 Å². The molecular weight excluding hydrogens is 296 g/mol. The van der Waals surface area contributed by atoms with Crippen LogP contribution in [0.15, 0.2) is 59.2 Å². The van der Waals surface area contributed by atoms with Gasteiger partial charge in [-0.3, -0.25) is 4.79 Å². The van der Waals surface area contributed by atoms with Gasteiger partial charge >= 0.3 is 0 Å². The highest BCUT2D eigenvalue weighted by atomic mass is 35.5. The zero-order valence-corrected chi connectivity index (χ0v) is 12.9. The summed E-state index contributed by atoms with van der Waals surface area (Å²) in [6.07, 6.45) is 2.37. The molecule has 0 aromatic heterocycles. The second kappa shape index (κ2) is 6.16. The number of benzene rings is 2. The quantitative estimate of drug-likeness (QED) is 0.862. The summed E-state index contributed by atoms with van der Waals surface area (Å²) in [5.74, 6) is 0.496. The summed E-state index contributed by atoms with van der Waals surface area (Å²) in [6, 6.07) is 15.5. The van der Waals surface area contributed by atoms with Crippen LogP contribution in [0.4, 0.5) is 0 Å². The van der Waals surface area contributed by atoms with Crippen molar-refractivity contribution in [2.75, 3.05) is 0 Å². The average molecular weight is 311 g/mol. The number of hydrogen-bond donors (Lipinski definition) is 1. The van der Waals surface area contributed by atoms with E-state index in [-0.39, 0.29) is 5.91 Å². The number of aryl methyl sites for hydroxylation is 1. The third-order valence-electron chi connectivity index (χ3n) is 3.41. The Morgan fingerprint density at radius 1 is 1.09 bits per heavy atom. The molecule has 2 aromatic rings. The molecule has 0 aliphatic carbocycles. The molecule has 1 heterocycles. The normalized spacial score (nSPS) is 15.8. The van der Waals surface area contributed by atoms with Gasteiger partial charge in [0.1, 0.15) is 11.5 Å². The highest BCUT2D eigenvalue weighted by molar-refractivity contribution is 6.30. The fourth-order valence-corrected chi connectivity index (χ4v) is 2.34. The van der Waals surface area contributed by atoms with Crippen molar-refractivity contribution in [2.45, 2.75) is 13.3 Å². The predicted octanol–water partition coefficient (Wildman–Crippen LogP) is 3.76. The highest BCUT2D eigenvalue weighted by Gasteiger charge is 2.19. The summed E-state index contributed by atoms with van der Waals surface area (Å²) >= 11 is 5.87. The van der Waals surface area contributed by atoms with Crippen molar-refractivity contribution in [2.24, 2.45) is 4.99 Å². The minimum atomic E-state index is -0.162. The molecule has 4 heteroatoms. The molecule has 0 spiro atoms. The topological polar surface area (TPSA) is 41.5 Å². The minimum absolute atomic E-state index is 0.162. The van der Waals surface area contributed by atoms with Crippen LogP contribution in [0.3, 0.4) is 0 Å². The van der Waals surface area contributed by atoms with E-state index < -0.39 is 0 Å². The second-order valence-electron chi connectivity index (χ2n) is 5.26. The molecular formula is C18H15ClN2O. The number of rotatable bonds is 3. The second-order valence-corrected chi connectivity index (χ2v) is 5.69. The molecule has 0 atom stereocenters. The summed E-state index contributed by atoms with van der Waals surface area (Å²) in [6.45, 7) is 2.03. The van der Waals surface area contributed by atoms with Gasteiger partial charge in [-0.2, -0.15) is 0 Å². The molecule has 1 aliphatic rings. The van der Waals surface area contributed by atoms with Gasteiger partial charge in [0.2, 0.25) is 0 Å². The van der Waals surface area contributed by atoms with E-state index in [2.05, 4.69) is 10.3 Å². The molecule has 0 fully saturated rings. The zero-order chi connectivity index (χ0) is 15.5. The van der Waals surface area contributed by atoms with Crippen LogP contribution in [0.5, 0.6) is 0 Å². The molecule has 0 bridgehead atoms. The Kier molecular flexibility index (Phi) is 4.07. The maximum atomic E-state index is 12.0. The Labute approximate surface area is 134 Å². The van der Waals surface area contributed by atoms with Crippen molar-refractivity contribution in [1.82, 2.24) is 5.32 Å². The first-order valence-corrected chi connectivity index (χ1v) is 7.40. The van der Waals surface area contributed by atoms with Crippen molar-refractivity contribution in [1.29, 1.82) is 0 Å². The van der Waals surface area contributed by atoms with E-state index >= 15 is 0 Å². The van der Waals surface area contributed by atoms with Crippen molar-refractivity contribution >= 4 is 29.4 Å². The van der Waals surface area contributed by atoms with Crippen molar-refractivity contribution in [3.8, 4) is 0 Å². The molecule has 1 aliphatic heterocycles. The summed E-state index contributed by atoms with van der Waals surface area (Å²) < 4.78 is 0. The van der Waals surface area contributed by atoms with Gasteiger partial charge in [0.15, 0.2) is 0 Å². The Morgan fingerprint density at radius 3 is 2.45 bits per heavy atom. The monoisotopic (exact) mass is 310 g/mol. The summed E-state index contributed by atoms with van der Waals surface area (Å²) in [5.41, 5.74) is 3.64. The van der Waals surface area contributed by atoms with Crippen molar-refractivity contribution in [3.05, 3.63) is 75.9 Å². The van der Waals surface area contributed by atoms with Crippen LogP contribution in [0.25, 0.3) is 6.08 Å². The van der Waals surface area contributed by atoms with Crippen LogP contribution in [-0.4, -0.2) is 11.7 Å². The standard InChI is InChI=1S/C18H15ClN2O/c1-12-2-4-13(5-3-12)10-16-18(22)21-17(20-16)11-14-6-8-15(19)9-7-14/h2-10H,11H2,1H3,(H,20,21,22)/b16-10+. The van der Waals surface area contributed by atoms with Gasteiger partial charge in [0, 0.05) is 11.4 Å². The average Bonchev–Trinajstić information content (AvgIpc) is 2.84. The molecule has 0 unspecified atom stereocenters. The molecule has 2 aromatic carbocycles. The number of aliphatic imine (C=N–C) groups is 1. The van der Waals surface area contributed by atoms with E-state index in [9.17, 15) is 4.79 Å². The first-order chi connectivity index (χ1) is 10.6. The maximum Gasteiger partial charge on any atom is 0.275 e. The fraction of sp³-hybridized carbons (Fsp3) is 0.111. The first-order valence-electron chi connectivity index (χ1n) is 7.02. The van der Waals surface area contributed by atoms with Crippen LogP contribution >= 0.6 is 11.6 Å². The van der Waals surface area contributed by atoms with Crippen LogP contribution in [-0.2, 0) is 11.2 Å². The lowest BCUT2D eigenvalue weighted by molar-refractivity contribution is -0.115. The fourth-order valence-electron chi connectivity index (χ4n) is 2.22. The lowest BCUT2D eigenvalue weighted by Gasteiger charge is -2.00. The summed E-state index contributed by atoms with van der Waals surface area (Å²) in [7, 11) is 0. The number of carbonyl (C=O) groups excluding carboxylic acids is 1. The molecule has 3 rings (SSSR count). The van der Waals surface area contributed by atoms with Crippen molar-refractivity contribution in [3.63, 3.8) is 0 Å². The Bertz CT molecular complexity index is 759. The Hall–Kier alpha value is -2.39. The molecule has 1 amide bonds. The number of amides is 1. The predicted molar refractivity (Wildman–Crippen MR) is 89.9 cm³/mol. The smallest absolute Gasteiger partial charge is 0.275 e. The molecule has 3 nitrogen and oxygen atoms in total. The van der Waals surface area contributed by atoms with Gasteiger partial charge in [0.25, 0.3) is 5.91 Å². The third kappa shape index (κ3) is 3.43. The molecule has 0 saturated carbocycles. The van der Waals surface area contributed by atoms with Gasteiger partial charge < -0.3 is 5.32 Å². The van der Waals surface area contributed by atoms with E-state index in [0.29, 0.717) is 23.0 Å². The molecule has 110 valence electrons. The number of carbonyl (C=O) groups is 1. The van der Waals surface area contributed by atoms with E-state index in [1.54, 1.807) is 6.08 Å². The van der Waals surface area contributed by atoms with Gasteiger partial charge in [-0.25, -0.2) is 4.99 Å². The number of halogens is 1. The number of nitrogens with one attached hydrogen (secondary N) is 1. The first kappa shape index (κ1) is 14.5. The van der Waals surface area contributed by atoms with E-state index in [4.69, 9.17) is 11.6 Å². The van der Waals surface area contributed by atoms with Crippen LogP contribution < -0.4 is 5.32 Å². The summed E-state index contributed by atoms with van der Waals surface area (Å²) in [5, 5.41) is 3.50. The van der Waals surface area contributed by atoms with E-state index in [0.717, 1.165) is 11.1 Å². The van der Waals surface area contributed by atoms with E-state index in [1.807, 2.05) is 55.5 Å². The Morgan fingerprint density at radius 2 is 1.77 bits per heavy atom.